The van der Waals surface area contributed by atoms with Gasteiger partial charge in [-0.3, -0.25) is 14.9 Å². The SMILES string of the molecule is COc1ccc(/C=N\NC(=O)CSCc2c(Cl)cccc2Cl)cc1[N+](=O)[O-]. The number of nitro groups is 1. The number of thioether (sulfide) groups is 1. The monoisotopic (exact) mass is 427 g/mol. The third-order valence-electron chi connectivity index (χ3n) is 3.34. The molecule has 10 heteroatoms. The number of rotatable bonds is 8. The van der Waals surface area contributed by atoms with Gasteiger partial charge in [0.1, 0.15) is 0 Å². The first-order chi connectivity index (χ1) is 12.9. The van der Waals surface area contributed by atoms with Crippen LogP contribution in [0.15, 0.2) is 41.5 Å². The van der Waals surface area contributed by atoms with Gasteiger partial charge in [0.2, 0.25) is 5.91 Å². The number of methoxy groups -OCH3 is 1. The molecular formula is C17H15Cl2N3O4S. The second-order valence-electron chi connectivity index (χ2n) is 5.17. The maximum Gasteiger partial charge on any atom is 0.311 e. The Hall–Kier alpha value is -2.29. The van der Waals surface area contributed by atoms with Crippen molar-refractivity contribution in [2.75, 3.05) is 12.9 Å². The smallest absolute Gasteiger partial charge is 0.311 e. The molecule has 2 aromatic carbocycles. The van der Waals surface area contributed by atoms with Crippen LogP contribution in [0.1, 0.15) is 11.1 Å². The lowest BCUT2D eigenvalue weighted by Gasteiger charge is -2.06. The molecule has 0 unspecified atom stereocenters. The van der Waals surface area contributed by atoms with E-state index in [4.69, 9.17) is 27.9 Å². The van der Waals surface area contributed by atoms with Crippen molar-refractivity contribution in [1.29, 1.82) is 0 Å². The van der Waals surface area contributed by atoms with Gasteiger partial charge in [-0.2, -0.15) is 5.10 Å². The highest BCUT2D eigenvalue weighted by Crippen LogP contribution is 2.28. The van der Waals surface area contributed by atoms with E-state index in [1.165, 1.54) is 37.2 Å². The van der Waals surface area contributed by atoms with Crippen LogP contribution in [-0.4, -0.2) is 29.9 Å². The number of carbonyl (C=O) groups excluding carboxylic acids is 1. The summed E-state index contributed by atoms with van der Waals surface area (Å²) in [6.45, 7) is 0. The fourth-order valence-corrected chi connectivity index (χ4v) is 3.61. The number of nitrogens with one attached hydrogen (secondary N) is 1. The molecule has 0 aliphatic heterocycles. The lowest BCUT2D eigenvalue weighted by molar-refractivity contribution is -0.385. The molecule has 2 aromatic rings. The first kappa shape index (κ1) is 21.0. The molecule has 2 rings (SSSR count). The Kier molecular flexibility index (Phi) is 7.90. The van der Waals surface area contributed by atoms with Gasteiger partial charge in [0.15, 0.2) is 5.75 Å². The van der Waals surface area contributed by atoms with E-state index < -0.39 is 4.92 Å². The maximum absolute atomic E-state index is 11.8. The van der Waals surface area contributed by atoms with Crippen molar-refractivity contribution in [3.8, 4) is 5.75 Å². The molecule has 1 amide bonds. The van der Waals surface area contributed by atoms with E-state index in [2.05, 4.69) is 10.5 Å². The largest absolute Gasteiger partial charge is 0.490 e. The van der Waals surface area contributed by atoms with E-state index in [1.54, 1.807) is 24.3 Å². The maximum atomic E-state index is 11.8. The number of hydrazone groups is 1. The Balaban J connectivity index is 1.86. The molecule has 0 fully saturated rings. The summed E-state index contributed by atoms with van der Waals surface area (Å²) in [5.74, 6) is 0.473. The number of hydrogen-bond acceptors (Lipinski definition) is 6. The summed E-state index contributed by atoms with van der Waals surface area (Å²) in [4.78, 5) is 22.3. The summed E-state index contributed by atoms with van der Waals surface area (Å²) in [6.07, 6.45) is 1.32. The van der Waals surface area contributed by atoms with Crippen LogP contribution in [0.4, 0.5) is 5.69 Å². The molecular weight excluding hydrogens is 413 g/mol. The molecule has 1 N–H and O–H groups in total. The van der Waals surface area contributed by atoms with E-state index in [0.29, 0.717) is 21.4 Å². The molecule has 0 saturated heterocycles. The number of nitro benzene ring substituents is 1. The molecule has 142 valence electrons. The van der Waals surface area contributed by atoms with Crippen molar-refractivity contribution in [2.45, 2.75) is 5.75 Å². The average Bonchev–Trinajstić information content (AvgIpc) is 2.64. The van der Waals surface area contributed by atoms with Gasteiger partial charge in [0.05, 0.1) is 24.0 Å². The lowest BCUT2D eigenvalue weighted by atomic mass is 10.2. The third-order valence-corrected chi connectivity index (χ3v) is 5.01. The van der Waals surface area contributed by atoms with Crippen LogP contribution in [0, 0.1) is 10.1 Å². The van der Waals surface area contributed by atoms with Gasteiger partial charge in [-0.05, 0) is 29.8 Å². The molecule has 0 spiro atoms. The topological polar surface area (TPSA) is 93.8 Å². The van der Waals surface area contributed by atoms with Crippen molar-refractivity contribution < 1.29 is 14.5 Å². The predicted molar refractivity (Wildman–Crippen MR) is 108 cm³/mol. The Morgan fingerprint density at radius 1 is 1.33 bits per heavy atom. The zero-order valence-electron chi connectivity index (χ0n) is 14.1. The predicted octanol–water partition coefficient (Wildman–Crippen LogP) is 4.29. The van der Waals surface area contributed by atoms with Gasteiger partial charge in [0, 0.05) is 27.4 Å². The number of hydrogen-bond donors (Lipinski definition) is 1. The van der Waals surface area contributed by atoms with Crippen LogP contribution < -0.4 is 10.2 Å². The number of ether oxygens (including phenoxy) is 1. The number of benzene rings is 2. The Morgan fingerprint density at radius 3 is 2.67 bits per heavy atom. The van der Waals surface area contributed by atoms with Crippen LogP contribution >= 0.6 is 35.0 Å². The molecule has 0 heterocycles. The van der Waals surface area contributed by atoms with Crippen molar-refractivity contribution in [3.05, 3.63) is 67.7 Å². The normalized spacial score (nSPS) is 10.8. The molecule has 0 saturated carbocycles. The van der Waals surface area contributed by atoms with Crippen LogP contribution in [0.3, 0.4) is 0 Å². The molecule has 0 bridgehead atoms. The Labute approximate surface area is 169 Å². The average molecular weight is 428 g/mol. The molecule has 7 nitrogen and oxygen atoms in total. The fourth-order valence-electron chi connectivity index (χ4n) is 2.06. The van der Waals surface area contributed by atoms with Gasteiger partial charge < -0.3 is 4.74 Å². The molecule has 27 heavy (non-hydrogen) atoms. The molecule has 0 radical (unpaired) electrons. The first-order valence-corrected chi connectivity index (χ1v) is 9.48. The molecule has 0 aliphatic rings. The van der Waals surface area contributed by atoms with E-state index in [-0.39, 0.29) is 23.1 Å². The minimum absolute atomic E-state index is 0.149. The number of halogens is 2. The van der Waals surface area contributed by atoms with E-state index in [0.717, 1.165) is 5.56 Å². The highest BCUT2D eigenvalue weighted by molar-refractivity contribution is 7.99. The number of amides is 1. The van der Waals surface area contributed by atoms with Crippen molar-refractivity contribution in [3.63, 3.8) is 0 Å². The standard InChI is InChI=1S/C17H15Cl2N3O4S/c1-26-16-6-5-11(7-15(16)22(24)25)8-20-21-17(23)10-27-9-12-13(18)3-2-4-14(12)19/h2-8H,9-10H2,1H3,(H,21,23)/b20-8-. The summed E-state index contributed by atoms with van der Waals surface area (Å²) in [7, 11) is 1.35. The highest BCUT2D eigenvalue weighted by atomic mass is 35.5. The van der Waals surface area contributed by atoms with E-state index >= 15 is 0 Å². The van der Waals surface area contributed by atoms with Crippen LogP contribution in [0.25, 0.3) is 0 Å². The van der Waals surface area contributed by atoms with Gasteiger partial charge >= 0.3 is 5.69 Å². The van der Waals surface area contributed by atoms with Crippen LogP contribution in [0.5, 0.6) is 5.75 Å². The summed E-state index contributed by atoms with van der Waals surface area (Å²) < 4.78 is 4.92. The number of carbonyl (C=O) groups is 1. The molecule has 0 aliphatic carbocycles. The second kappa shape index (κ2) is 10.1. The fraction of sp³-hybridized carbons (Fsp3) is 0.176. The minimum Gasteiger partial charge on any atom is -0.490 e. The first-order valence-electron chi connectivity index (χ1n) is 7.57. The van der Waals surface area contributed by atoms with Crippen molar-refractivity contribution in [1.82, 2.24) is 5.43 Å². The van der Waals surface area contributed by atoms with Crippen LogP contribution in [-0.2, 0) is 10.5 Å². The zero-order chi connectivity index (χ0) is 19.8. The van der Waals surface area contributed by atoms with Gasteiger partial charge in [-0.25, -0.2) is 5.43 Å². The quantitative estimate of drug-likeness (QED) is 0.385. The Morgan fingerprint density at radius 2 is 2.04 bits per heavy atom. The highest BCUT2D eigenvalue weighted by Gasteiger charge is 2.14. The van der Waals surface area contributed by atoms with Gasteiger partial charge in [-0.1, -0.05) is 29.3 Å². The van der Waals surface area contributed by atoms with E-state index in [9.17, 15) is 14.9 Å². The second-order valence-corrected chi connectivity index (χ2v) is 6.97. The van der Waals surface area contributed by atoms with Crippen LogP contribution in [0.2, 0.25) is 10.0 Å². The zero-order valence-corrected chi connectivity index (χ0v) is 16.5. The van der Waals surface area contributed by atoms with Gasteiger partial charge in [-0.15, -0.1) is 11.8 Å². The van der Waals surface area contributed by atoms with Crippen molar-refractivity contribution >= 4 is 52.8 Å². The molecule has 0 atom stereocenters. The third kappa shape index (κ3) is 6.13. The Bertz CT molecular complexity index is 857. The summed E-state index contributed by atoms with van der Waals surface area (Å²) in [5, 5.41) is 15.9. The summed E-state index contributed by atoms with van der Waals surface area (Å²) >= 11 is 13.5. The molecule has 0 aromatic heterocycles. The lowest BCUT2D eigenvalue weighted by Crippen LogP contribution is -2.19. The van der Waals surface area contributed by atoms with E-state index in [1.807, 2.05) is 0 Å². The number of nitrogens with zero attached hydrogens (tertiary/aromatic N) is 2. The summed E-state index contributed by atoms with van der Waals surface area (Å²) in [6, 6.07) is 9.59. The van der Waals surface area contributed by atoms with Crippen molar-refractivity contribution in [2.24, 2.45) is 5.10 Å². The van der Waals surface area contributed by atoms with Gasteiger partial charge in [0.25, 0.3) is 0 Å². The summed E-state index contributed by atoms with van der Waals surface area (Å²) in [5.41, 5.74) is 3.41. The minimum atomic E-state index is -0.550.